The summed E-state index contributed by atoms with van der Waals surface area (Å²) in [5.41, 5.74) is 2.52. The molecule has 0 N–H and O–H groups in total. The van der Waals surface area contributed by atoms with Crippen LogP contribution < -0.4 is 0 Å². The van der Waals surface area contributed by atoms with Crippen molar-refractivity contribution in [3.63, 3.8) is 0 Å². The molecular formula is C18H25NO2. The van der Waals surface area contributed by atoms with Gasteiger partial charge in [-0.1, -0.05) is 42.7 Å². The first-order valence-corrected chi connectivity index (χ1v) is 8.20. The van der Waals surface area contributed by atoms with E-state index in [9.17, 15) is 4.79 Å². The molecular weight excluding hydrogens is 262 g/mol. The summed E-state index contributed by atoms with van der Waals surface area (Å²) in [6.07, 6.45) is 6.45. The van der Waals surface area contributed by atoms with E-state index in [0.29, 0.717) is 25.0 Å². The van der Waals surface area contributed by atoms with E-state index in [-0.39, 0.29) is 6.10 Å². The molecule has 2 atom stereocenters. The highest BCUT2D eigenvalue weighted by Crippen LogP contribution is 2.28. The number of fused-ring (bicyclic) bond motifs is 1. The van der Waals surface area contributed by atoms with Gasteiger partial charge in [0.05, 0.1) is 18.8 Å². The monoisotopic (exact) mass is 287 g/mol. The predicted octanol–water partition coefficient (Wildman–Crippen LogP) is 3.10. The lowest BCUT2D eigenvalue weighted by molar-refractivity contribution is -0.149. The SMILES string of the molecule is Cc1ccc(CCC(=O)N2CCOC3CCCCC32)cc1. The van der Waals surface area contributed by atoms with Crippen LogP contribution >= 0.6 is 0 Å². The van der Waals surface area contributed by atoms with Gasteiger partial charge in [0.15, 0.2) is 0 Å². The number of nitrogens with zero attached hydrogens (tertiary/aromatic N) is 1. The highest BCUT2D eigenvalue weighted by atomic mass is 16.5. The molecule has 1 aromatic rings. The number of hydrogen-bond donors (Lipinski definition) is 0. The van der Waals surface area contributed by atoms with Gasteiger partial charge in [-0.05, 0) is 31.7 Å². The molecule has 1 aliphatic carbocycles. The maximum atomic E-state index is 12.6. The Hall–Kier alpha value is -1.35. The van der Waals surface area contributed by atoms with Crippen molar-refractivity contribution in [2.24, 2.45) is 0 Å². The number of carbonyl (C=O) groups is 1. The van der Waals surface area contributed by atoms with Crippen molar-refractivity contribution in [3.8, 4) is 0 Å². The van der Waals surface area contributed by atoms with Crippen molar-refractivity contribution >= 4 is 5.91 Å². The van der Waals surface area contributed by atoms with Gasteiger partial charge in [0.25, 0.3) is 0 Å². The van der Waals surface area contributed by atoms with Crippen LogP contribution in [0.25, 0.3) is 0 Å². The molecule has 0 spiro atoms. The summed E-state index contributed by atoms with van der Waals surface area (Å²) in [4.78, 5) is 14.7. The van der Waals surface area contributed by atoms with E-state index in [4.69, 9.17) is 4.74 Å². The molecule has 114 valence electrons. The lowest BCUT2D eigenvalue weighted by Gasteiger charge is -2.43. The molecule has 2 aliphatic rings. The van der Waals surface area contributed by atoms with Gasteiger partial charge in [-0.2, -0.15) is 0 Å². The van der Waals surface area contributed by atoms with Crippen LogP contribution in [-0.2, 0) is 16.0 Å². The molecule has 1 amide bonds. The molecule has 2 unspecified atom stereocenters. The van der Waals surface area contributed by atoms with E-state index in [1.807, 2.05) is 0 Å². The highest BCUT2D eigenvalue weighted by Gasteiger charge is 2.36. The lowest BCUT2D eigenvalue weighted by atomic mass is 9.90. The Kier molecular flexibility index (Phi) is 4.59. The zero-order valence-electron chi connectivity index (χ0n) is 12.9. The zero-order valence-corrected chi connectivity index (χ0v) is 12.9. The summed E-state index contributed by atoms with van der Waals surface area (Å²) < 4.78 is 5.84. The van der Waals surface area contributed by atoms with Crippen molar-refractivity contribution < 1.29 is 9.53 Å². The number of rotatable bonds is 3. The maximum Gasteiger partial charge on any atom is 0.223 e. The molecule has 3 heteroatoms. The number of hydrogen-bond acceptors (Lipinski definition) is 2. The minimum atomic E-state index is 0.288. The molecule has 1 heterocycles. The molecule has 0 bridgehead atoms. The van der Waals surface area contributed by atoms with Gasteiger partial charge in [0, 0.05) is 13.0 Å². The minimum absolute atomic E-state index is 0.288. The molecule has 21 heavy (non-hydrogen) atoms. The fraction of sp³-hybridized carbons (Fsp3) is 0.611. The Morgan fingerprint density at radius 3 is 2.81 bits per heavy atom. The van der Waals surface area contributed by atoms with E-state index >= 15 is 0 Å². The number of carbonyl (C=O) groups excluding carboxylic acids is 1. The van der Waals surface area contributed by atoms with Crippen LogP contribution in [0.2, 0.25) is 0 Å². The molecule has 0 radical (unpaired) electrons. The number of benzene rings is 1. The third kappa shape index (κ3) is 3.46. The molecule has 0 aromatic heterocycles. The maximum absolute atomic E-state index is 12.6. The standard InChI is InChI=1S/C18H25NO2/c1-14-6-8-15(9-7-14)10-11-18(20)19-12-13-21-17-5-3-2-4-16(17)19/h6-9,16-17H,2-5,10-13H2,1H3. The van der Waals surface area contributed by atoms with Gasteiger partial charge in [-0.3, -0.25) is 4.79 Å². The average Bonchev–Trinajstić information content (AvgIpc) is 2.53. The van der Waals surface area contributed by atoms with Gasteiger partial charge in [0.1, 0.15) is 0 Å². The largest absolute Gasteiger partial charge is 0.374 e. The van der Waals surface area contributed by atoms with E-state index in [0.717, 1.165) is 25.8 Å². The van der Waals surface area contributed by atoms with Crippen LogP contribution in [0.15, 0.2) is 24.3 Å². The Balaban J connectivity index is 1.57. The number of aryl methyl sites for hydroxylation is 2. The van der Waals surface area contributed by atoms with Crippen LogP contribution in [-0.4, -0.2) is 36.1 Å². The third-order valence-corrected chi connectivity index (χ3v) is 4.80. The van der Waals surface area contributed by atoms with Crippen molar-refractivity contribution in [2.45, 2.75) is 57.6 Å². The smallest absolute Gasteiger partial charge is 0.223 e. The molecule has 3 nitrogen and oxygen atoms in total. The van der Waals surface area contributed by atoms with E-state index in [2.05, 4.69) is 36.1 Å². The number of amides is 1. The van der Waals surface area contributed by atoms with Crippen LogP contribution in [0.1, 0.15) is 43.2 Å². The number of ether oxygens (including phenoxy) is 1. The van der Waals surface area contributed by atoms with Crippen molar-refractivity contribution in [1.29, 1.82) is 0 Å². The molecule has 1 saturated carbocycles. The van der Waals surface area contributed by atoms with Gasteiger partial charge < -0.3 is 9.64 Å². The second kappa shape index (κ2) is 6.61. The van der Waals surface area contributed by atoms with E-state index in [1.54, 1.807) is 0 Å². The molecule has 1 aliphatic heterocycles. The summed E-state index contributed by atoms with van der Waals surface area (Å²) in [6, 6.07) is 8.83. The van der Waals surface area contributed by atoms with Crippen molar-refractivity contribution in [2.75, 3.05) is 13.2 Å². The fourth-order valence-electron chi connectivity index (χ4n) is 3.56. The quantitative estimate of drug-likeness (QED) is 0.855. The van der Waals surface area contributed by atoms with E-state index < -0.39 is 0 Å². The first kappa shape index (κ1) is 14.6. The summed E-state index contributed by atoms with van der Waals surface area (Å²) in [7, 11) is 0. The zero-order chi connectivity index (χ0) is 14.7. The Labute approximate surface area is 127 Å². The Morgan fingerprint density at radius 2 is 2.00 bits per heavy atom. The van der Waals surface area contributed by atoms with Crippen LogP contribution in [0, 0.1) is 6.92 Å². The van der Waals surface area contributed by atoms with Crippen LogP contribution in [0.5, 0.6) is 0 Å². The topological polar surface area (TPSA) is 29.5 Å². The van der Waals surface area contributed by atoms with Crippen molar-refractivity contribution in [3.05, 3.63) is 35.4 Å². The summed E-state index contributed by atoms with van der Waals surface area (Å²) in [5.74, 6) is 0.302. The van der Waals surface area contributed by atoms with Gasteiger partial charge in [0.2, 0.25) is 5.91 Å². The van der Waals surface area contributed by atoms with Gasteiger partial charge in [-0.25, -0.2) is 0 Å². The van der Waals surface area contributed by atoms with E-state index in [1.165, 1.54) is 24.0 Å². The van der Waals surface area contributed by atoms with Crippen LogP contribution in [0.3, 0.4) is 0 Å². The normalized spacial score (nSPS) is 25.5. The summed E-state index contributed by atoms with van der Waals surface area (Å²) in [5, 5.41) is 0. The summed E-state index contributed by atoms with van der Waals surface area (Å²) in [6.45, 7) is 3.57. The first-order valence-electron chi connectivity index (χ1n) is 8.20. The first-order chi connectivity index (χ1) is 10.2. The van der Waals surface area contributed by atoms with Crippen LogP contribution in [0.4, 0.5) is 0 Å². The minimum Gasteiger partial charge on any atom is -0.374 e. The molecule has 3 rings (SSSR count). The molecule has 2 fully saturated rings. The summed E-state index contributed by atoms with van der Waals surface area (Å²) >= 11 is 0. The Morgan fingerprint density at radius 1 is 1.24 bits per heavy atom. The fourth-order valence-corrected chi connectivity index (χ4v) is 3.56. The predicted molar refractivity (Wildman–Crippen MR) is 83.2 cm³/mol. The number of morpholine rings is 1. The highest BCUT2D eigenvalue weighted by molar-refractivity contribution is 5.77. The molecule has 1 aromatic carbocycles. The van der Waals surface area contributed by atoms with Gasteiger partial charge in [-0.15, -0.1) is 0 Å². The average molecular weight is 287 g/mol. The Bertz CT molecular complexity index is 480. The van der Waals surface area contributed by atoms with Gasteiger partial charge >= 0.3 is 0 Å². The second-order valence-corrected chi connectivity index (χ2v) is 6.33. The lowest BCUT2D eigenvalue weighted by Crippen LogP contribution is -2.54. The van der Waals surface area contributed by atoms with Crippen molar-refractivity contribution in [1.82, 2.24) is 4.90 Å². The third-order valence-electron chi connectivity index (χ3n) is 4.80. The molecule has 1 saturated heterocycles. The second-order valence-electron chi connectivity index (χ2n) is 6.33.